The highest BCUT2D eigenvalue weighted by Crippen LogP contribution is 2.17. The molecule has 0 N–H and O–H groups in total. The Hall–Kier alpha value is -2.95. The Kier molecular flexibility index (Phi) is 2.74. The molecule has 2 aromatic carbocycles. The highest BCUT2D eigenvalue weighted by atomic mass is 16.5. The Morgan fingerprint density at radius 2 is 1.76 bits per heavy atom. The van der Waals surface area contributed by atoms with Crippen LogP contribution in [0.15, 0.2) is 65.4 Å². The Morgan fingerprint density at radius 3 is 2.67 bits per heavy atom. The first-order valence-electron chi connectivity index (χ1n) is 6.68. The normalized spacial score (nSPS) is 11.0. The van der Waals surface area contributed by atoms with Gasteiger partial charge in [-0.15, -0.1) is 0 Å². The van der Waals surface area contributed by atoms with Crippen LogP contribution in [0, 0.1) is 0 Å². The molecule has 0 aliphatic carbocycles. The lowest BCUT2D eigenvalue weighted by molar-refractivity contribution is 0.372. The summed E-state index contributed by atoms with van der Waals surface area (Å²) < 4.78 is 7.33. The van der Waals surface area contributed by atoms with Crippen molar-refractivity contribution in [1.82, 2.24) is 19.7 Å². The zero-order valence-electron chi connectivity index (χ0n) is 11.2. The molecule has 5 nitrogen and oxygen atoms in total. The predicted octanol–water partition coefficient (Wildman–Crippen LogP) is 3.13. The highest BCUT2D eigenvalue weighted by Gasteiger charge is 2.10. The zero-order chi connectivity index (χ0) is 14.1. The fourth-order valence-electron chi connectivity index (χ4n) is 2.31. The fourth-order valence-corrected chi connectivity index (χ4v) is 2.31. The third-order valence-electron chi connectivity index (χ3n) is 3.33. The lowest BCUT2D eigenvalue weighted by Crippen LogP contribution is -1.98. The van der Waals surface area contributed by atoms with E-state index in [0.29, 0.717) is 18.3 Å². The van der Waals surface area contributed by atoms with Crippen LogP contribution in [-0.4, -0.2) is 19.7 Å². The number of rotatable bonds is 3. The van der Waals surface area contributed by atoms with E-state index in [2.05, 4.69) is 15.1 Å². The van der Waals surface area contributed by atoms with Gasteiger partial charge in [0.2, 0.25) is 11.7 Å². The molecule has 0 aliphatic rings. The number of hydrogen-bond acceptors (Lipinski definition) is 4. The summed E-state index contributed by atoms with van der Waals surface area (Å²) in [6.45, 7) is 0.514. The van der Waals surface area contributed by atoms with Gasteiger partial charge < -0.3 is 9.09 Å². The largest absolute Gasteiger partial charge is 0.337 e. The molecule has 0 unspecified atom stereocenters. The second-order valence-electron chi connectivity index (χ2n) is 4.74. The Bertz CT molecular complexity index is 879. The first-order valence-corrected chi connectivity index (χ1v) is 6.68. The second kappa shape index (κ2) is 4.86. The molecule has 5 heteroatoms. The first-order chi connectivity index (χ1) is 10.4. The van der Waals surface area contributed by atoms with Crippen LogP contribution in [0.4, 0.5) is 0 Å². The van der Waals surface area contributed by atoms with Crippen molar-refractivity contribution in [2.75, 3.05) is 0 Å². The number of nitrogens with zero attached hydrogens (tertiary/aromatic N) is 4. The lowest BCUT2D eigenvalue weighted by atomic mass is 10.2. The molecule has 102 valence electrons. The van der Waals surface area contributed by atoms with E-state index in [-0.39, 0.29) is 0 Å². The number of fused-ring (bicyclic) bond motifs is 1. The van der Waals surface area contributed by atoms with E-state index in [4.69, 9.17) is 4.52 Å². The van der Waals surface area contributed by atoms with Crippen molar-refractivity contribution in [3.63, 3.8) is 0 Å². The summed E-state index contributed by atoms with van der Waals surface area (Å²) in [5.74, 6) is 1.17. The summed E-state index contributed by atoms with van der Waals surface area (Å²) in [6.07, 6.45) is 1.79. The van der Waals surface area contributed by atoms with Gasteiger partial charge >= 0.3 is 0 Å². The summed E-state index contributed by atoms with van der Waals surface area (Å²) in [5.41, 5.74) is 2.96. The molecule has 0 fully saturated rings. The van der Waals surface area contributed by atoms with Crippen LogP contribution in [0.3, 0.4) is 0 Å². The van der Waals surface area contributed by atoms with Crippen LogP contribution < -0.4 is 0 Å². The molecule has 0 saturated heterocycles. The fraction of sp³-hybridized carbons (Fsp3) is 0.0625. The number of aromatic nitrogens is 4. The van der Waals surface area contributed by atoms with Crippen molar-refractivity contribution < 1.29 is 4.52 Å². The van der Waals surface area contributed by atoms with Gasteiger partial charge in [0.1, 0.15) is 6.54 Å². The molecule has 0 bridgehead atoms. The molecule has 0 aliphatic heterocycles. The van der Waals surface area contributed by atoms with Crippen LogP contribution in [-0.2, 0) is 6.54 Å². The van der Waals surface area contributed by atoms with E-state index in [1.54, 1.807) is 6.33 Å². The van der Waals surface area contributed by atoms with Crippen LogP contribution in [0.25, 0.3) is 22.4 Å². The summed E-state index contributed by atoms with van der Waals surface area (Å²) >= 11 is 0. The Labute approximate surface area is 120 Å². The maximum atomic E-state index is 5.33. The summed E-state index contributed by atoms with van der Waals surface area (Å²) in [7, 11) is 0. The summed E-state index contributed by atoms with van der Waals surface area (Å²) in [5, 5.41) is 4.03. The molecule has 0 spiro atoms. The Morgan fingerprint density at radius 1 is 0.952 bits per heavy atom. The van der Waals surface area contributed by atoms with Gasteiger partial charge in [0.05, 0.1) is 17.4 Å². The standard InChI is InChI=1S/C16H12N4O/c1-2-6-12(7-3-1)16-18-15(21-19-16)10-20-11-17-13-8-4-5-9-14(13)20/h1-9,11H,10H2. The van der Waals surface area contributed by atoms with Crippen LogP contribution >= 0.6 is 0 Å². The maximum Gasteiger partial charge on any atom is 0.246 e. The average Bonchev–Trinajstić information content (AvgIpc) is 3.17. The van der Waals surface area contributed by atoms with Gasteiger partial charge in [0.15, 0.2) is 0 Å². The third kappa shape index (κ3) is 2.18. The topological polar surface area (TPSA) is 56.7 Å². The molecular formula is C16H12N4O. The SMILES string of the molecule is c1ccc(-c2noc(Cn3cnc4ccccc43)n2)cc1. The Balaban J connectivity index is 1.65. The van der Waals surface area contributed by atoms with Gasteiger partial charge in [-0.25, -0.2) is 4.98 Å². The number of para-hydroxylation sites is 2. The van der Waals surface area contributed by atoms with E-state index >= 15 is 0 Å². The minimum Gasteiger partial charge on any atom is -0.337 e. The molecule has 0 radical (unpaired) electrons. The van der Waals surface area contributed by atoms with Gasteiger partial charge in [0.25, 0.3) is 0 Å². The monoisotopic (exact) mass is 276 g/mol. The number of imidazole rings is 1. The van der Waals surface area contributed by atoms with Crippen molar-refractivity contribution in [1.29, 1.82) is 0 Å². The molecule has 0 atom stereocenters. The van der Waals surface area contributed by atoms with Gasteiger partial charge in [-0.3, -0.25) is 0 Å². The van der Waals surface area contributed by atoms with E-state index in [0.717, 1.165) is 16.6 Å². The zero-order valence-corrected chi connectivity index (χ0v) is 11.2. The molecule has 2 heterocycles. The molecule has 0 amide bonds. The minimum absolute atomic E-state index is 0.514. The number of hydrogen-bond donors (Lipinski definition) is 0. The smallest absolute Gasteiger partial charge is 0.246 e. The average molecular weight is 276 g/mol. The molecule has 0 saturated carbocycles. The predicted molar refractivity (Wildman–Crippen MR) is 78.6 cm³/mol. The third-order valence-corrected chi connectivity index (χ3v) is 3.33. The molecule has 2 aromatic heterocycles. The van der Waals surface area contributed by atoms with E-state index in [9.17, 15) is 0 Å². The summed E-state index contributed by atoms with van der Waals surface area (Å²) in [6, 6.07) is 17.8. The minimum atomic E-state index is 0.514. The molecular weight excluding hydrogens is 264 g/mol. The van der Waals surface area contributed by atoms with Crippen molar-refractivity contribution in [3.05, 3.63) is 66.8 Å². The van der Waals surface area contributed by atoms with Crippen LogP contribution in [0.2, 0.25) is 0 Å². The van der Waals surface area contributed by atoms with Crippen molar-refractivity contribution in [3.8, 4) is 11.4 Å². The summed E-state index contributed by atoms with van der Waals surface area (Å²) in [4.78, 5) is 8.79. The molecule has 21 heavy (non-hydrogen) atoms. The molecule has 4 rings (SSSR count). The van der Waals surface area contributed by atoms with E-state index < -0.39 is 0 Å². The van der Waals surface area contributed by atoms with Gasteiger partial charge in [-0.2, -0.15) is 4.98 Å². The van der Waals surface area contributed by atoms with Gasteiger partial charge in [0, 0.05) is 5.56 Å². The maximum absolute atomic E-state index is 5.33. The lowest BCUT2D eigenvalue weighted by Gasteiger charge is -1.98. The highest BCUT2D eigenvalue weighted by molar-refractivity contribution is 5.74. The van der Waals surface area contributed by atoms with Crippen molar-refractivity contribution in [2.24, 2.45) is 0 Å². The van der Waals surface area contributed by atoms with Gasteiger partial charge in [-0.1, -0.05) is 47.6 Å². The van der Waals surface area contributed by atoms with E-state index in [1.165, 1.54) is 0 Å². The van der Waals surface area contributed by atoms with Crippen LogP contribution in [0.1, 0.15) is 5.89 Å². The van der Waals surface area contributed by atoms with E-state index in [1.807, 2.05) is 59.2 Å². The van der Waals surface area contributed by atoms with Crippen molar-refractivity contribution in [2.45, 2.75) is 6.54 Å². The number of benzene rings is 2. The van der Waals surface area contributed by atoms with Crippen molar-refractivity contribution >= 4 is 11.0 Å². The quantitative estimate of drug-likeness (QED) is 0.577. The van der Waals surface area contributed by atoms with Crippen LogP contribution in [0.5, 0.6) is 0 Å². The van der Waals surface area contributed by atoms with Gasteiger partial charge in [-0.05, 0) is 12.1 Å². The first kappa shape index (κ1) is 11.8. The second-order valence-corrected chi connectivity index (χ2v) is 4.74. The molecule has 4 aromatic rings.